The maximum atomic E-state index is 14.3. The van der Waals surface area contributed by atoms with Crippen LogP contribution < -0.4 is 0 Å². The highest BCUT2D eigenvalue weighted by Crippen LogP contribution is 2.42. The van der Waals surface area contributed by atoms with Gasteiger partial charge in [0.05, 0.1) is 54.5 Å². The van der Waals surface area contributed by atoms with Crippen LogP contribution in [0.1, 0.15) is 33.7 Å². The molecule has 3 fully saturated rings. The summed E-state index contributed by atoms with van der Waals surface area (Å²) in [6.07, 6.45) is 7.31. The van der Waals surface area contributed by atoms with Crippen molar-refractivity contribution in [3.05, 3.63) is 88.8 Å². The Morgan fingerprint density at radius 1 is 1.20 bits per heavy atom. The largest absolute Gasteiger partial charge is 0.474 e. The zero-order valence-electron chi connectivity index (χ0n) is 24.9. The van der Waals surface area contributed by atoms with E-state index >= 15 is 0 Å². The number of hydrogen-bond acceptors (Lipinski definition) is 9. The fourth-order valence-corrected chi connectivity index (χ4v) is 6.81. The van der Waals surface area contributed by atoms with E-state index < -0.39 is 5.82 Å². The third-order valence-corrected chi connectivity index (χ3v) is 9.19. The molecule has 44 heavy (non-hydrogen) atoms. The van der Waals surface area contributed by atoms with E-state index in [2.05, 4.69) is 25.3 Å². The summed E-state index contributed by atoms with van der Waals surface area (Å²) in [6.45, 7) is 6.30. The average Bonchev–Trinajstić information content (AvgIpc) is 3.31. The maximum Gasteiger partial charge on any atom is 0.337 e. The maximum absolute atomic E-state index is 14.3. The van der Waals surface area contributed by atoms with Gasteiger partial charge in [-0.2, -0.15) is 5.26 Å². The van der Waals surface area contributed by atoms with Crippen molar-refractivity contribution in [3.63, 3.8) is 0 Å². The summed E-state index contributed by atoms with van der Waals surface area (Å²) in [5, 5.41) is 8.98. The number of imidazole rings is 1. The number of halogens is 1. The topological polar surface area (TPSA) is 96.1 Å². The Kier molecular flexibility index (Phi) is 7.36. The predicted molar refractivity (Wildman–Crippen MR) is 159 cm³/mol. The second kappa shape index (κ2) is 11.4. The number of nitrogens with zero attached hydrogens (tertiary/aromatic N) is 6. The molecule has 3 aromatic rings. The van der Waals surface area contributed by atoms with E-state index in [-0.39, 0.29) is 30.3 Å². The lowest BCUT2D eigenvalue weighted by atomic mass is 9.72. The summed E-state index contributed by atoms with van der Waals surface area (Å²) in [5.74, 6) is 0.881. The van der Waals surface area contributed by atoms with Gasteiger partial charge in [-0.3, -0.25) is 9.80 Å². The van der Waals surface area contributed by atoms with E-state index in [1.807, 2.05) is 37.4 Å². The first-order valence-electron chi connectivity index (χ1n) is 14.9. The summed E-state index contributed by atoms with van der Waals surface area (Å²) < 4.78 is 33.2. The number of hydrogen-bond donors (Lipinski definition) is 0. The van der Waals surface area contributed by atoms with Gasteiger partial charge in [-0.25, -0.2) is 14.2 Å². The summed E-state index contributed by atoms with van der Waals surface area (Å²) in [5.41, 5.74) is 3.29. The Balaban J connectivity index is 0.956. The molecule has 0 bridgehead atoms. The molecule has 5 heterocycles. The molecule has 2 atom stereocenters. The lowest BCUT2D eigenvalue weighted by Crippen LogP contribution is -2.74. The lowest BCUT2D eigenvalue weighted by molar-refractivity contribution is -0.147. The number of ether oxygens (including phenoxy) is 3. The first-order chi connectivity index (χ1) is 21.3. The number of allylic oxidation sites excluding steroid dienone is 2. The van der Waals surface area contributed by atoms with Gasteiger partial charge in [0.25, 0.3) is 0 Å². The van der Waals surface area contributed by atoms with Gasteiger partial charge in [0.15, 0.2) is 5.88 Å². The smallest absolute Gasteiger partial charge is 0.337 e. The highest BCUT2D eigenvalue weighted by molar-refractivity contribution is 5.93. The van der Waals surface area contributed by atoms with Crippen LogP contribution in [0.15, 0.2) is 60.5 Å². The summed E-state index contributed by atoms with van der Waals surface area (Å²) in [4.78, 5) is 24.1. The minimum absolute atomic E-state index is 0.0659. The van der Waals surface area contributed by atoms with Crippen LogP contribution in [0.4, 0.5) is 4.39 Å². The Morgan fingerprint density at radius 3 is 2.73 bits per heavy atom. The third-order valence-electron chi connectivity index (χ3n) is 9.19. The van der Waals surface area contributed by atoms with Crippen LogP contribution in [0, 0.1) is 22.6 Å². The SMILES string of the molecule is COC(=O)c1ccc2nc(CN3CC4(C3)CN(C3C=CC=C(OCc5ccc(C#N)cc5F)N3C)C4)n(CC3CCO3)c2c1. The molecule has 10 nitrogen and oxygen atoms in total. The second-order valence-electron chi connectivity index (χ2n) is 12.3. The van der Waals surface area contributed by atoms with E-state index in [1.54, 1.807) is 18.2 Å². The number of likely N-dealkylation sites (tertiary alicyclic amines) is 2. The fourth-order valence-electron chi connectivity index (χ4n) is 6.81. The van der Waals surface area contributed by atoms with Gasteiger partial charge in [0.1, 0.15) is 24.4 Å². The van der Waals surface area contributed by atoms with Crippen LogP contribution >= 0.6 is 0 Å². The van der Waals surface area contributed by atoms with Gasteiger partial charge in [-0.15, -0.1) is 0 Å². The summed E-state index contributed by atoms with van der Waals surface area (Å²) in [7, 11) is 3.39. The molecule has 2 unspecified atom stereocenters. The molecule has 7 rings (SSSR count). The average molecular weight is 599 g/mol. The van der Waals surface area contributed by atoms with Crippen molar-refractivity contribution in [2.24, 2.45) is 5.41 Å². The number of fused-ring (bicyclic) bond motifs is 1. The molecule has 0 amide bonds. The molecule has 11 heteroatoms. The van der Waals surface area contributed by atoms with Crippen molar-refractivity contribution >= 4 is 17.0 Å². The monoisotopic (exact) mass is 598 g/mol. The highest BCUT2D eigenvalue weighted by atomic mass is 19.1. The predicted octanol–water partition coefficient (Wildman–Crippen LogP) is 3.63. The van der Waals surface area contributed by atoms with Crippen molar-refractivity contribution < 1.29 is 23.4 Å². The van der Waals surface area contributed by atoms with E-state index in [9.17, 15) is 9.18 Å². The molecule has 2 aromatic carbocycles. The molecule has 0 N–H and O–H groups in total. The zero-order valence-corrected chi connectivity index (χ0v) is 24.9. The molecule has 1 spiro atoms. The molecule has 1 aromatic heterocycles. The van der Waals surface area contributed by atoms with E-state index in [1.165, 1.54) is 13.2 Å². The number of benzene rings is 2. The summed E-state index contributed by atoms with van der Waals surface area (Å²) >= 11 is 0. The molecular formula is C33H35FN6O4. The van der Waals surface area contributed by atoms with Crippen LogP contribution in [-0.4, -0.2) is 89.4 Å². The number of esters is 1. The van der Waals surface area contributed by atoms with Crippen LogP contribution in [0.2, 0.25) is 0 Å². The van der Waals surface area contributed by atoms with Crippen molar-refractivity contribution in [2.75, 3.05) is 46.9 Å². The van der Waals surface area contributed by atoms with Crippen LogP contribution in [0.3, 0.4) is 0 Å². The van der Waals surface area contributed by atoms with Gasteiger partial charge < -0.3 is 23.7 Å². The van der Waals surface area contributed by atoms with E-state index in [4.69, 9.17) is 24.5 Å². The number of carbonyl (C=O) groups is 1. The van der Waals surface area contributed by atoms with Crippen molar-refractivity contribution in [1.29, 1.82) is 5.26 Å². The second-order valence-corrected chi connectivity index (χ2v) is 12.3. The standard InChI is InChI=1S/C33H35FN6O4/c1-37-30(4-3-5-31(37)44-17-24-7-6-22(14-35)12-26(24)34)39-20-33(21-39)18-38(19-33)16-29-36-27-9-8-23(32(41)42-2)13-28(27)40(29)15-25-10-11-43-25/h3-9,12-13,25,30H,10-11,15-21H2,1-2H3. The third kappa shape index (κ3) is 5.23. The number of likely N-dealkylation sites (N-methyl/N-ethyl adjacent to an activating group) is 1. The molecule has 0 aliphatic carbocycles. The van der Waals surface area contributed by atoms with Crippen molar-refractivity contribution in [2.45, 2.75) is 38.4 Å². The molecule has 4 aliphatic heterocycles. The molecule has 3 saturated heterocycles. The first-order valence-corrected chi connectivity index (χ1v) is 14.9. The molecular weight excluding hydrogens is 563 g/mol. The Labute approximate surface area is 255 Å². The van der Waals surface area contributed by atoms with Crippen molar-refractivity contribution in [1.82, 2.24) is 24.3 Å². The van der Waals surface area contributed by atoms with Crippen LogP contribution in [0.25, 0.3) is 11.0 Å². The fraction of sp³-hybridized carbons (Fsp3) is 0.424. The normalized spacial score (nSPS) is 22.6. The van der Waals surface area contributed by atoms with E-state index in [0.29, 0.717) is 22.6 Å². The number of nitriles is 1. The van der Waals surface area contributed by atoms with Gasteiger partial charge in [-0.05, 0) is 48.9 Å². The number of methoxy groups -OCH3 is 1. The lowest BCUT2D eigenvalue weighted by Gasteiger charge is -2.62. The molecule has 4 aliphatic rings. The Morgan fingerprint density at radius 2 is 2.02 bits per heavy atom. The van der Waals surface area contributed by atoms with Gasteiger partial charge in [-0.1, -0.05) is 12.1 Å². The number of carbonyl (C=O) groups excluding carboxylic acids is 1. The Hall–Kier alpha value is -4.24. The van der Waals surface area contributed by atoms with Crippen molar-refractivity contribution in [3.8, 4) is 6.07 Å². The molecule has 228 valence electrons. The zero-order chi connectivity index (χ0) is 30.4. The van der Waals surface area contributed by atoms with Gasteiger partial charge >= 0.3 is 5.97 Å². The van der Waals surface area contributed by atoms with Crippen LogP contribution in [0.5, 0.6) is 0 Å². The number of rotatable bonds is 9. The van der Waals surface area contributed by atoms with Crippen LogP contribution in [-0.2, 0) is 33.9 Å². The molecule has 0 saturated carbocycles. The highest BCUT2D eigenvalue weighted by Gasteiger charge is 2.53. The molecule has 0 radical (unpaired) electrons. The minimum Gasteiger partial charge on any atom is -0.474 e. The number of aromatic nitrogens is 2. The summed E-state index contributed by atoms with van der Waals surface area (Å²) in [6, 6.07) is 11.9. The van der Waals surface area contributed by atoms with E-state index in [0.717, 1.165) is 69.2 Å². The van der Waals surface area contributed by atoms with Gasteiger partial charge in [0.2, 0.25) is 0 Å². The minimum atomic E-state index is -0.438. The quantitative estimate of drug-likeness (QED) is 0.342. The Bertz CT molecular complexity index is 1690. The van der Waals surface area contributed by atoms with Gasteiger partial charge in [0, 0.05) is 50.8 Å². The first kappa shape index (κ1) is 28.5.